The molecular weight excluding hydrogens is 970 g/mol. The Morgan fingerprint density at radius 2 is 1.03 bits per heavy atom. The van der Waals surface area contributed by atoms with Gasteiger partial charge >= 0.3 is 118 Å². The van der Waals surface area contributed by atoms with E-state index in [1.165, 1.54) is 30.3 Å². The van der Waals surface area contributed by atoms with Crippen molar-refractivity contribution in [1.82, 2.24) is 15.0 Å². The second-order valence-corrected chi connectivity index (χ2v) is 17.9. The maximum absolute atomic E-state index is 12.3. The van der Waals surface area contributed by atoms with Crippen LogP contribution in [0.2, 0.25) is 5.28 Å². The normalized spacial score (nSPS) is 12.1. The molecule has 1 aromatic heterocycles. The molecule has 21 nitrogen and oxygen atoms in total. The molecule has 3 N–H and O–H groups in total. The fraction of sp³-hybridized carbons (Fsp3) is 0. The van der Waals surface area contributed by atoms with E-state index in [0.29, 0.717) is 40.0 Å². The van der Waals surface area contributed by atoms with Crippen LogP contribution >= 0.6 is 11.6 Å². The molecule has 0 saturated carbocycles. The number of H-pyrrole nitrogens is 1. The van der Waals surface area contributed by atoms with Gasteiger partial charge in [-0.05, 0) is 66.2 Å². The Labute approximate surface area is 450 Å². The quantitative estimate of drug-likeness (QED) is 0.0652. The van der Waals surface area contributed by atoms with Gasteiger partial charge in [0.2, 0.25) is 16.9 Å². The van der Waals surface area contributed by atoms with Crippen molar-refractivity contribution in [3.05, 3.63) is 102 Å². The first-order valence-corrected chi connectivity index (χ1v) is 21.9. The molecule has 63 heavy (non-hydrogen) atoms. The minimum absolute atomic E-state index is 0. The monoisotopic (exact) mass is 987 g/mol. The number of aromatic amines is 1. The van der Waals surface area contributed by atoms with Crippen LogP contribution in [0.15, 0.2) is 131 Å². The maximum Gasteiger partial charge on any atom is 1.00 e. The zero-order valence-electron chi connectivity index (χ0n) is 32.8. The number of halogens is 1. The van der Waals surface area contributed by atoms with Crippen molar-refractivity contribution in [1.29, 1.82) is 5.41 Å². The van der Waals surface area contributed by atoms with E-state index in [1.807, 2.05) is 0 Å². The molecule has 0 atom stereocenters. The van der Waals surface area contributed by atoms with Gasteiger partial charge in [-0.2, -0.15) is 9.97 Å². The third-order valence-corrected chi connectivity index (χ3v) is 11.9. The first-order chi connectivity index (χ1) is 27.6. The van der Waals surface area contributed by atoms with Gasteiger partial charge in [0.05, 0.1) is 36.6 Å². The molecular formula is C33H18ClN9Na4O12S4. The molecule has 0 radical (unpaired) electrons. The second kappa shape index (κ2) is 21.2. The number of benzene rings is 6. The van der Waals surface area contributed by atoms with Crippen molar-refractivity contribution in [2.45, 2.75) is 19.6 Å². The van der Waals surface area contributed by atoms with Crippen molar-refractivity contribution >= 4 is 119 Å². The van der Waals surface area contributed by atoms with Gasteiger partial charge < -0.3 is 23.5 Å². The number of nitrogens with one attached hydrogen (secondary N) is 3. The van der Waals surface area contributed by atoms with Crippen molar-refractivity contribution in [3.8, 4) is 0 Å². The summed E-state index contributed by atoms with van der Waals surface area (Å²) in [6.45, 7) is 0. The van der Waals surface area contributed by atoms with Crippen LogP contribution in [0.1, 0.15) is 0 Å². The molecule has 0 spiro atoms. The summed E-state index contributed by atoms with van der Waals surface area (Å²) in [7, 11) is -21.3. The molecule has 0 saturated heterocycles. The van der Waals surface area contributed by atoms with E-state index in [2.05, 4.69) is 40.7 Å². The fourth-order valence-electron chi connectivity index (χ4n) is 5.88. The van der Waals surface area contributed by atoms with Crippen molar-refractivity contribution in [2.75, 3.05) is 5.32 Å². The smallest absolute Gasteiger partial charge is 0.744 e. The second-order valence-electron chi connectivity index (χ2n) is 12.1. The summed E-state index contributed by atoms with van der Waals surface area (Å²) in [5, 5.41) is 27.0. The first-order valence-electron chi connectivity index (χ1n) is 15.9. The van der Waals surface area contributed by atoms with Gasteiger partial charge in [-0.1, -0.05) is 36.4 Å². The molecule has 7 rings (SSSR count). The van der Waals surface area contributed by atoms with E-state index in [-0.39, 0.29) is 158 Å². The third kappa shape index (κ3) is 12.4. The predicted molar refractivity (Wildman–Crippen MR) is 203 cm³/mol. The predicted octanol–water partition coefficient (Wildman–Crippen LogP) is -6.40. The maximum atomic E-state index is 12.3. The van der Waals surface area contributed by atoms with Crippen molar-refractivity contribution < 1.29 is 170 Å². The topological polar surface area (TPSA) is 356 Å². The van der Waals surface area contributed by atoms with E-state index in [9.17, 15) is 51.9 Å². The van der Waals surface area contributed by atoms with Crippen LogP contribution in [0.4, 0.5) is 34.4 Å². The van der Waals surface area contributed by atoms with E-state index in [4.69, 9.17) is 17.0 Å². The molecule has 0 unspecified atom stereocenters. The molecule has 0 bridgehead atoms. The zero-order chi connectivity index (χ0) is 42.7. The SMILES string of the molecule is N=c1nc(Cl)nc(Nc2ccc(N=Nc3ccc(N=Nc4c(S(=O)(=O)[O-])ccc5c(S(=O)(=O)[O-])cc(S(=O)(=O)[O-])cc45)c4ccccc34)c3cc(S(=O)(=O)[O-])ccc23)[nH]1.[Na+].[Na+].[Na+].[Na+]. The number of anilines is 2. The van der Waals surface area contributed by atoms with Gasteiger partial charge in [-0.25, -0.2) is 33.7 Å². The molecule has 0 aliphatic carbocycles. The van der Waals surface area contributed by atoms with E-state index >= 15 is 0 Å². The summed E-state index contributed by atoms with van der Waals surface area (Å²) in [6, 6.07) is 17.9. The standard InChI is InChI=1S/C33H22ClN9O12S4.4Na/c34-31-37-32(35)39-33(38-31)36-24-8-9-27(22-13-16(56(44,45)46)5-6-20(22)24)41-40-25-10-11-26(19-4-2-1-3-18(19)25)42-43-30-23-14-17(57(47,48)49)15-29(59(53,54)55)21(23)7-12-28(30)58(50,51)52;;;;/h1-15H,(H,44,45,46)(H,47,48,49)(H,50,51,52)(H,53,54,55)(H3,35,36,37,38,39);;;;/q;4*+1/p-4. The van der Waals surface area contributed by atoms with Crippen molar-refractivity contribution in [2.24, 2.45) is 20.5 Å². The van der Waals surface area contributed by atoms with Crippen LogP contribution in [0, 0.1) is 5.41 Å². The van der Waals surface area contributed by atoms with Crippen LogP contribution in [-0.4, -0.2) is 66.8 Å². The number of hydrogen-bond acceptors (Lipinski definition) is 20. The summed E-state index contributed by atoms with van der Waals surface area (Å²) in [4.78, 5) is 6.10. The summed E-state index contributed by atoms with van der Waals surface area (Å²) in [5.41, 5.74) is -0.565. The number of hydrogen-bond donors (Lipinski definition) is 3. The Morgan fingerprint density at radius 3 is 1.57 bits per heavy atom. The molecule has 0 aliphatic heterocycles. The van der Waals surface area contributed by atoms with E-state index < -0.39 is 76.5 Å². The van der Waals surface area contributed by atoms with Gasteiger partial charge in [-0.15, -0.1) is 20.5 Å². The van der Waals surface area contributed by atoms with E-state index in [1.54, 1.807) is 24.3 Å². The van der Waals surface area contributed by atoms with Gasteiger partial charge in [0.1, 0.15) is 46.2 Å². The Morgan fingerprint density at radius 1 is 0.524 bits per heavy atom. The minimum Gasteiger partial charge on any atom is -0.744 e. The number of nitrogens with zero attached hydrogens (tertiary/aromatic N) is 6. The van der Waals surface area contributed by atoms with Crippen LogP contribution in [-0.2, 0) is 40.5 Å². The minimum atomic E-state index is -5.48. The number of fused-ring (bicyclic) bond motifs is 3. The Bertz CT molecular complexity index is 3550. The van der Waals surface area contributed by atoms with E-state index in [0.717, 1.165) is 18.2 Å². The van der Waals surface area contributed by atoms with Crippen LogP contribution in [0.25, 0.3) is 32.3 Å². The van der Waals surface area contributed by atoms with Crippen LogP contribution < -0.4 is 129 Å². The molecule has 1 heterocycles. The molecule has 7 aromatic rings. The summed E-state index contributed by atoms with van der Waals surface area (Å²) < 4.78 is 145. The Hall–Kier alpha value is -2.16. The molecule has 302 valence electrons. The van der Waals surface area contributed by atoms with Crippen molar-refractivity contribution in [3.63, 3.8) is 0 Å². The van der Waals surface area contributed by atoms with Gasteiger partial charge in [0, 0.05) is 38.0 Å². The average Bonchev–Trinajstić information content (AvgIpc) is 3.14. The molecule has 0 amide bonds. The van der Waals surface area contributed by atoms with Gasteiger partial charge in [-0.3, -0.25) is 10.4 Å². The summed E-state index contributed by atoms with van der Waals surface area (Å²) >= 11 is 5.88. The number of aromatic nitrogens is 3. The molecule has 6 aromatic carbocycles. The zero-order valence-corrected chi connectivity index (χ0v) is 44.8. The Kier molecular flexibility index (Phi) is 18.6. The number of azo groups is 2. The fourth-order valence-corrected chi connectivity index (χ4v) is 8.48. The summed E-state index contributed by atoms with van der Waals surface area (Å²) in [5.74, 6) is 0.0153. The molecule has 0 aliphatic rings. The first kappa shape index (κ1) is 55.2. The van der Waals surface area contributed by atoms with Gasteiger partial charge in [0.15, 0.2) is 0 Å². The Balaban J connectivity index is 0.00000264. The number of rotatable bonds is 10. The van der Waals surface area contributed by atoms with Gasteiger partial charge in [0.25, 0.3) is 0 Å². The summed E-state index contributed by atoms with van der Waals surface area (Å²) in [6.07, 6.45) is 0. The third-order valence-electron chi connectivity index (χ3n) is 8.39. The van der Waals surface area contributed by atoms with Crippen LogP contribution in [0.3, 0.4) is 0 Å². The molecule has 30 heteroatoms. The average molecular weight is 988 g/mol. The largest absolute Gasteiger partial charge is 1.00 e. The molecule has 0 fully saturated rings. The van der Waals surface area contributed by atoms with Crippen LogP contribution in [0.5, 0.6) is 0 Å².